The van der Waals surface area contributed by atoms with E-state index in [2.05, 4.69) is 17.2 Å². The van der Waals surface area contributed by atoms with E-state index in [1.807, 2.05) is 0 Å². The van der Waals surface area contributed by atoms with Crippen LogP contribution in [0.3, 0.4) is 0 Å². The van der Waals surface area contributed by atoms with Crippen LogP contribution in [-0.4, -0.2) is 23.2 Å². The first-order chi connectivity index (χ1) is 5.02. The van der Waals surface area contributed by atoms with Gasteiger partial charge < -0.3 is 10.4 Å². The number of rotatable bonds is 2. The fraction of sp³-hybridized carbons (Fsp3) is 0.625. The van der Waals surface area contributed by atoms with Crippen LogP contribution in [0.15, 0.2) is 0 Å². The first kappa shape index (κ1) is 9.99. The van der Waals surface area contributed by atoms with Crippen molar-refractivity contribution in [2.75, 3.05) is 6.61 Å². The van der Waals surface area contributed by atoms with Gasteiger partial charge in [-0.1, -0.05) is 5.92 Å². The van der Waals surface area contributed by atoms with E-state index in [1.54, 1.807) is 20.8 Å². The van der Waals surface area contributed by atoms with E-state index in [-0.39, 0.29) is 12.5 Å². The molecule has 0 aromatic heterocycles. The quantitative estimate of drug-likeness (QED) is 0.547. The van der Waals surface area contributed by atoms with Crippen LogP contribution in [-0.2, 0) is 4.79 Å². The van der Waals surface area contributed by atoms with Crippen molar-refractivity contribution in [3.63, 3.8) is 0 Å². The van der Waals surface area contributed by atoms with Gasteiger partial charge >= 0.3 is 0 Å². The number of carbonyl (C=O) groups is 1. The Morgan fingerprint density at radius 3 is 2.55 bits per heavy atom. The lowest BCUT2D eigenvalue weighted by molar-refractivity contribution is -0.117. The van der Waals surface area contributed by atoms with Gasteiger partial charge in [0.15, 0.2) is 0 Å². The van der Waals surface area contributed by atoms with Crippen LogP contribution in [0.5, 0.6) is 0 Å². The molecule has 62 valence electrons. The molecule has 0 saturated carbocycles. The van der Waals surface area contributed by atoms with E-state index in [9.17, 15) is 4.79 Å². The summed E-state index contributed by atoms with van der Waals surface area (Å²) < 4.78 is 0. The minimum Gasteiger partial charge on any atom is -0.394 e. The molecule has 0 saturated heterocycles. The van der Waals surface area contributed by atoms with E-state index in [1.165, 1.54) is 0 Å². The Bertz CT molecular complexity index is 198. The molecule has 0 aromatic carbocycles. The van der Waals surface area contributed by atoms with Crippen molar-refractivity contribution in [2.45, 2.75) is 26.3 Å². The summed E-state index contributed by atoms with van der Waals surface area (Å²) in [5.74, 6) is 4.44. The molecule has 11 heavy (non-hydrogen) atoms. The van der Waals surface area contributed by atoms with Gasteiger partial charge in [-0.2, -0.15) is 0 Å². The van der Waals surface area contributed by atoms with Crippen molar-refractivity contribution in [1.82, 2.24) is 5.32 Å². The Morgan fingerprint density at radius 1 is 1.64 bits per heavy atom. The summed E-state index contributed by atoms with van der Waals surface area (Å²) in [7, 11) is 0. The molecule has 0 aliphatic heterocycles. The van der Waals surface area contributed by atoms with Crippen molar-refractivity contribution in [2.24, 2.45) is 0 Å². The van der Waals surface area contributed by atoms with E-state index in [0.29, 0.717) is 0 Å². The standard InChI is InChI=1S/C8H13NO2/c1-4-5-7(11)9-8(2,3)6-10/h10H,6H2,1-3H3,(H,9,11). The molecule has 1 amide bonds. The third kappa shape index (κ3) is 4.40. The van der Waals surface area contributed by atoms with Crippen molar-refractivity contribution < 1.29 is 9.90 Å². The molecule has 0 radical (unpaired) electrons. The zero-order valence-electron chi connectivity index (χ0n) is 7.06. The summed E-state index contributed by atoms with van der Waals surface area (Å²) in [6.07, 6.45) is 0. The monoisotopic (exact) mass is 155 g/mol. The highest BCUT2D eigenvalue weighted by molar-refractivity contribution is 5.93. The van der Waals surface area contributed by atoms with E-state index < -0.39 is 5.54 Å². The Balaban J connectivity index is 4.00. The fourth-order valence-electron chi connectivity index (χ4n) is 0.492. The molecule has 0 heterocycles. The zero-order chi connectivity index (χ0) is 8.91. The molecule has 0 bridgehead atoms. The Kier molecular flexibility index (Phi) is 3.63. The molecule has 0 spiro atoms. The summed E-state index contributed by atoms with van der Waals surface area (Å²) in [6.45, 7) is 4.94. The van der Waals surface area contributed by atoms with Gasteiger partial charge in [-0.05, 0) is 26.7 Å². The number of hydrogen-bond acceptors (Lipinski definition) is 2. The highest BCUT2D eigenvalue weighted by Crippen LogP contribution is 1.98. The molecule has 0 atom stereocenters. The fourth-order valence-corrected chi connectivity index (χ4v) is 0.492. The van der Waals surface area contributed by atoms with Crippen molar-refractivity contribution in [1.29, 1.82) is 0 Å². The number of aliphatic hydroxyl groups is 1. The first-order valence-corrected chi connectivity index (χ1v) is 3.37. The van der Waals surface area contributed by atoms with Crippen LogP contribution < -0.4 is 5.32 Å². The molecule has 3 heteroatoms. The van der Waals surface area contributed by atoms with Gasteiger partial charge in [0.2, 0.25) is 0 Å². The normalized spacial score (nSPS) is 9.82. The number of hydrogen-bond donors (Lipinski definition) is 2. The molecule has 0 aliphatic carbocycles. The summed E-state index contributed by atoms with van der Waals surface area (Å²) in [5.41, 5.74) is -0.582. The summed E-state index contributed by atoms with van der Waals surface area (Å²) in [5, 5.41) is 11.3. The summed E-state index contributed by atoms with van der Waals surface area (Å²) in [4.78, 5) is 10.8. The number of amides is 1. The van der Waals surface area contributed by atoms with Gasteiger partial charge in [0.25, 0.3) is 5.91 Å². The highest BCUT2D eigenvalue weighted by Gasteiger charge is 2.17. The summed E-state index contributed by atoms with van der Waals surface area (Å²) >= 11 is 0. The maximum Gasteiger partial charge on any atom is 0.296 e. The Labute approximate surface area is 66.8 Å². The zero-order valence-corrected chi connectivity index (χ0v) is 7.06. The van der Waals surface area contributed by atoms with Crippen LogP contribution in [0.4, 0.5) is 0 Å². The number of nitrogens with one attached hydrogen (secondary N) is 1. The van der Waals surface area contributed by atoms with E-state index in [4.69, 9.17) is 5.11 Å². The molecule has 0 rings (SSSR count). The third-order valence-corrected chi connectivity index (χ3v) is 1.09. The average molecular weight is 155 g/mol. The van der Waals surface area contributed by atoms with Crippen LogP contribution >= 0.6 is 0 Å². The second-order valence-electron chi connectivity index (χ2n) is 2.87. The maximum absolute atomic E-state index is 10.8. The molecule has 0 aliphatic rings. The van der Waals surface area contributed by atoms with Crippen molar-refractivity contribution in [3.05, 3.63) is 0 Å². The average Bonchev–Trinajstić information content (AvgIpc) is 1.87. The molecule has 3 nitrogen and oxygen atoms in total. The minimum atomic E-state index is -0.582. The van der Waals surface area contributed by atoms with Crippen LogP contribution in [0.2, 0.25) is 0 Å². The predicted octanol–water partition coefficient (Wildman–Crippen LogP) is -0.103. The molecule has 0 unspecified atom stereocenters. The lowest BCUT2D eigenvalue weighted by Gasteiger charge is -2.21. The second-order valence-corrected chi connectivity index (χ2v) is 2.87. The van der Waals surface area contributed by atoms with Crippen molar-refractivity contribution >= 4 is 5.91 Å². The van der Waals surface area contributed by atoms with Crippen LogP contribution in [0, 0.1) is 11.8 Å². The third-order valence-electron chi connectivity index (χ3n) is 1.09. The molecule has 0 aromatic rings. The topological polar surface area (TPSA) is 49.3 Å². The second kappa shape index (κ2) is 3.99. The Morgan fingerprint density at radius 2 is 2.18 bits per heavy atom. The SMILES string of the molecule is CC#CC(=O)NC(C)(C)CO. The van der Waals surface area contributed by atoms with Crippen LogP contribution in [0.25, 0.3) is 0 Å². The lowest BCUT2D eigenvalue weighted by atomic mass is 10.1. The van der Waals surface area contributed by atoms with Gasteiger partial charge in [-0.15, -0.1) is 0 Å². The first-order valence-electron chi connectivity index (χ1n) is 3.37. The van der Waals surface area contributed by atoms with Gasteiger partial charge in [0, 0.05) is 0 Å². The Hall–Kier alpha value is -1.01. The van der Waals surface area contributed by atoms with E-state index >= 15 is 0 Å². The summed E-state index contributed by atoms with van der Waals surface area (Å²) in [6, 6.07) is 0. The predicted molar refractivity (Wildman–Crippen MR) is 42.8 cm³/mol. The molecular weight excluding hydrogens is 142 g/mol. The lowest BCUT2D eigenvalue weighted by Crippen LogP contribution is -2.45. The number of carbonyl (C=O) groups excluding carboxylic acids is 1. The smallest absolute Gasteiger partial charge is 0.296 e. The van der Waals surface area contributed by atoms with Crippen LogP contribution in [0.1, 0.15) is 20.8 Å². The molecular formula is C8H13NO2. The van der Waals surface area contributed by atoms with Gasteiger partial charge in [-0.3, -0.25) is 4.79 Å². The van der Waals surface area contributed by atoms with E-state index in [0.717, 1.165) is 0 Å². The van der Waals surface area contributed by atoms with Gasteiger partial charge in [-0.25, -0.2) is 0 Å². The molecule has 2 N–H and O–H groups in total. The van der Waals surface area contributed by atoms with Gasteiger partial charge in [0.1, 0.15) is 0 Å². The maximum atomic E-state index is 10.8. The van der Waals surface area contributed by atoms with Crippen molar-refractivity contribution in [3.8, 4) is 11.8 Å². The molecule has 0 fully saturated rings. The highest BCUT2D eigenvalue weighted by atomic mass is 16.3. The van der Waals surface area contributed by atoms with Gasteiger partial charge in [0.05, 0.1) is 12.1 Å². The minimum absolute atomic E-state index is 0.0931. The largest absolute Gasteiger partial charge is 0.394 e. The number of aliphatic hydroxyl groups excluding tert-OH is 1.